The summed E-state index contributed by atoms with van der Waals surface area (Å²) in [5.41, 5.74) is 3.34. The van der Waals surface area contributed by atoms with Crippen LogP contribution in [0.2, 0.25) is 5.02 Å². The molecule has 0 aliphatic carbocycles. The molecule has 7 nitrogen and oxygen atoms in total. The van der Waals surface area contributed by atoms with Crippen LogP contribution in [0.4, 0.5) is 14.9 Å². The number of ether oxygens (including phenoxy) is 1. The van der Waals surface area contributed by atoms with Gasteiger partial charge in [0.25, 0.3) is 5.56 Å². The largest absolute Gasteiger partial charge is 0.383 e. The van der Waals surface area contributed by atoms with Gasteiger partial charge in [-0.3, -0.25) is 9.36 Å². The number of nitrogens with one attached hydrogen (secondary N) is 1. The molecule has 0 radical (unpaired) electrons. The molecule has 0 saturated heterocycles. The summed E-state index contributed by atoms with van der Waals surface area (Å²) in [6.07, 6.45) is 0. The molecule has 0 aliphatic rings. The molecule has 1 atom stereocenters. The van der Waals surface area contributed by atoms with Gasteiger partial charge in [-0.1, -0.05) is 69.6 Å². The van der Waals surface area contributed by atoms with Crippen molar-refractivity contribution in [1.29, 1.82) is 0 Å². The van der Waals surface area contributed by atoms with Gasteiger partial charge in [-0.2, -0.15) is 0 Å². The highest BCUT2D eigenvalue weighted by molar-refractivity contribution is 6.30. The molecule has 1 N–H and O–H groups in total. The Labute approximate surface area is 244 Å². The lowest BCUT2D eigenvalue weighted by Gasteiger charge is -2.31. The quantitative estimate of drug-likeness (QED) is 0.221. The summed E-state index contributed by atoms with van der Waals surface area (Å²) in [5.74, 6) is 0.0790. The van der Waals surface area contributed by atoms with E-state index in [0.29, 0.717) is 22.4 Å². The number of urea groups is 1. The van der Waals surface area contributed by atoms with Gasteiger partial charge in [0.1, 0.15) is 11.6 Å². The van der Waals surface area contributed by atoms with Crippen LogP contribution in [0.1, 0.15) is 69.4 Å². The number of hydrogen-bond donors (Lipinski definition) is 1. The van der Waals surface area contributed by atoms with Gasteiger partial charge in [0, 0.05) is 19.3 Å². The maximum atomic E-state index is 14.1. The highest BCUT2D eigenvalue weighted by atomic mass is 35.5. The minimum absolute atomic E-state index is 0.123. The number of para-hydroxylation sites is 2. The van der Waals surface area contributed by atoms with Crippen LogP contribution in [0.25, 0.3) is 16.6 Å². The van der Waals surface area contributed by atoms with E-state index in [1.807, 2.05) is 25.1 Å². The van der Waals surface area contributed by atoms with Crippen LogP contribution >= 0.6 is 11.6 Å². The third-order valence-corrected chi connectivity index (χ3v) is 7.50. The number of nitrogens with zero attached hydrogens (tertiary/aromatic N) is 3. The van der Waals surface area contributed by atoms with Gasteiger partial charge < -0.3 is 15.0 Å². The highest BCUT2D eigenvalue weighted by Gasteiger charge is 2.28. The van der Waals surface area contributed by atoms with Crippen molar-refractivity contribution >= 4 is 34.2 Å². The normalized spacial score (nSPS) is 12.2. The fourth-order valence-corrected chi connectivity index (χ4v) is 5.15. The molecule has 2 amide bonds. The van der Waals surface area contributed by atoms with E-state index in [4.69, 9.17) is 21.3 Å². The van der Waals surface area contributed by atoms with Gasteiger partial charge in [-0.15, -0.1) is 0 Å². The number of halogens is 2. The maximum absolute atomic E-state index is 14.1. The zero-order valence-electron chi connectivity index (χ0n) is 24.2. The highest BCUT2D eigenvalue weighted by Crippen LogP contribution is 2.33. The van der Waals surface area contributed by atoms with E-state index in [9.17, 15) is 14.0 Å². The summed E-state index contributed by atoms with van der Waals surface area (Å²) in [6, 6.07) is 16.1. The second kappa shape index (κ2) is 12.8. The number of hydrogen-bond acceptors (Lipinski definition) is 4. The van der Waals surface area contributed by atoms with Crippen LogP contribution in [0, 0.1) is 5.82 Å². The molecule has 0 fully saturated rings. The van der Waals surface area contributed by atoms with Gasteiger partial charge in [-0.25, -0.2) is 14.2 Å². The molecular formula is C32H36ClFN4O3. The van der Waals surface area contributed by atoms with Crippen molar-refractivity contribution in [2.24, 2.45) is 0 Å². The first-order chi connectivity index (χ1) is 19.5. The molecule has 216 valence electrons. The fraction of sp³-hybridized carbons (Fsp3) is 0.344. The number of rotatable bonds is 9. The first-order valence-corrected chi connectivity index (χ1v) is 14.1. The molecule has 9 heteroatoms. The summed E-state index contributed by atoms with van der Waals surface area (Å²) in [4.78, 5) is 34.3. The average Bonchev–Trinajstić information content (AvgIpc) is 2.94. The Morgan fingerprint density at radius 1 is 1.02 bits per heavy atom. The van der Waals surface area contributed by atoms with Crippen LogP contribution in [-0.2, 0) is 4.74 Å². The lowest BCUT2D eigenvalue weighted by atomic mass is 9.93. The second-order valence-corrected chi connectivity index (χ2v) is 11.0. The lowest BCUT2D eigenvalue weighted by Crippen LogP contribution is -2.42. The molecule has 0 saturated carbocycles. The van der Waals surface area contributed by atoms with Crippen LogP contribution < -0.4 is 10.9 Å². The number of fused-ring (bicyclic) bond motifs is 1. The Hall–Kier alpha value is -3.75. The number of aromatic nitrogens is 2. The minimum atomic E-state index is -0.681. The lowest BCUT2D eigenvalue weighted by molar-refractivity contribution is 0.137. The Bertz CT molecular complexity index is 1590. The molecule has 1 heterocycles. The molecule has 1 aromatic heterocycles. The van der Waals surface area contributed by atoms with Crippen LogP contribution in [0.3, 0.4) is 0 Å². The van der Waals surface area contributed by atoms with Crippen molar-refractivity contribution in [1.82, 2.24) is 14.5 Å². The van der Waals surface area contributed by atoms with E-state index in [0.717, 1.165) is 16.8 Å². The van der Waals surface area contributed by atoms with Crippen LogP contribution in [0.15, 0.2) is 65.5 Å². The molecule has 3 aromatic carbocycles. The number of benzene rings is 3. The van der Waals surface area contributed by atoms with E-state index in [-0.39, 0.29) is 41.6 Å². The first kappa shape index (κ1) is 30.2. The third-order valence-electron chi connectivity index (χ3n) is 7.21. The SMILES string of the molecule is COCCN(C(=O)Nc1c(C(C)C)cccc1C(C)C)C(C)c1nc2ccccc2c(=O)n1-c1ccc(F)c(Cl)c1. The Kier molecular flexibility index (Phi) is 9.46. The van der Waals surface area contributed by atoms with Crippen molar-refractivity contribution < 1.29 is 13.9 Å². The molecule has 0 spiro atoms. The zero-order chi connectivity index (χ0) is 29.8. The Morgan fingerprint density at radius 2 is 1.68 bits per heavy atom. The smallest absolute Gasteiger partial charge is 0.322 e. The van der Waals surface area contributed by atoms with E-state index in [2.05, 4.69) is 33.0 Å². The van der Waals surface area contributed by atoms with Gasteiger partial charge >= 0.3 is 6.03 Å². The fourth-order valence-electron chi connectivity index (χ4n) is 4.98. The third kappa shape index (κ3) is 6.29. The van der Waals surface area contributed by atoms with Crippen LogP contribution in [0.5, 0.6) is 0 Å². The minimum Gasteiger partial charge on any atom is -0.383 e. The molecule has 1 unspecified atom stereocenters. The maximum Gasteiger partial charge on any atom is 0.322 e. The molecule has 0 bridgehead atoms. The summed E-state index contributed by atoms with van der Waals surface area (Å²) >= 11 is 6.12. The van der Waals surface area contributed by atoms with E-state index in [1.165, 1.54) is 22.8 Å². The number of carbonyl (C=O) groups is 1. The average molecular weight is 579 g/mol. The summed E-state index contributed by atoms with van der Waals surface area (Å²) in [5, 5.41) is 3.44. The Morgan fingerprint density at radius 3 is 2.29 bits per heavy atom. The topological polar surface area (TPSA) is 76.5 Å². The predicted octanol–water partition coefficient (Wildman–Crippen LogP) is 7.67. The van der Waals surface area contributed by atoms with Gasteiger partial charge in [0.15, 0.2) is 0 Å². The molecule has 41 heavy (non-hydrogen) atoms. The summed E-state index contributed by atoms with van der Waals surface area (Å²) < 4.78 is 20.8. The standard InChI is InChI=1S/C32H36ClFN4O3/c1-19(2)23-11-9-12-24(20(3)4)29(23)36-32(40)37(16-17-41-6)21(5)30-35-28-13-8-7-10-25(28)31(39)38(30)22-14-15-27(34)26(33)18-22/h7-15,18-21H,16-17H2,1-6H3,(H,36,40). The molecule has 4 rings (SSSR count). The first-order valence-electron chi connectivity index (χ1n) is 13.7. The van der Waals surface area contributed by atoms with Gasteiger partial charge in [0.2, 0.25) is 0 Å². The van der Waals surface area contributed by atoms with Crippen molar-refractivity contribution in [3.63, 3.8) is 0 Å². The number of amides is 2. The number of anilines is 1. The van der Waals surface area contributed by atoms with E-state index >= 15 is 0 Å². The van der Waals surface area contributed by atoms with Crippen molar-refractivity contribution in [3.8, 4) is 5.69 Å². The molecular weight excluding hydrogens is 543 g/mol. The van der Waals surface area contributed by atoms with Crippen molar-refractivity contribution in [2.75, 3.05) is 25.6 Å². The zero-order valence-corrected chi connectivity index (χ0v) is 25.0. The van der Waals surface area contributed by atoms with Crippen molar-refractivity contribution in [2.45, 2.75) is 52.5 Å². The second-order valence-electron chi connectivity index (χ2n) is 10.6. The molecule has 0 aliphatic heterocycles. The van der Waals surface area contributed by atoms with Crippen LogP contribution in [-0.4, -0.2) is 40.7 Å². The number of methoxy groups -OCH3 is 1. The predicted molar refractivity (Wildman–Crippen MR) is 163 cm³/mol. The Balaban J connectivity index is 1.87. The van der Waals surface area contributed by atoms with Gasteiger partial charge in [-0.05, 0) is 60.2 Å². The summed E-state index contributed by atoms with van der Waals surface area (Å²) in [6.45, 7) is 10.7. The summed E-state index contributed by atoms with van der Waals surface area (Å²) in [7, 11) is 1.57. The monoisotopic (exact) mass is 578 g/mol. The van der Waals surface area contributed by atoms with Crippen molar-refractivity contribution in [3.05, 3.63) is 98.8 Å². The van der Waals surface area contributed by atoms with Gasteiger partial charge in [0.05, 0.1) is 34.3 Å². The molecule has 4 aromatic rings. The van der Waals surface area contributed by atoms with E-state index in [1.54, 1.807) is 36.3 Å². The number of carbonyl (C=O) groups excluding carboxylic acids is 1. The van der Waals surface area contributed by atoms with E-state index < -0.39 is 11.9 Å².